The van der Waals surface area contributed by atoms with Crippen LogP contribution in [0.1, 0.15) is 18.4 Å². The van der Waals surface area contributed by atoms with Gasteiger partial charge in [-0.1, -0.05) is 35.9 Å². The summed E-state index contributed by atoms with van der Waals surface area (Å²) < 4.78 is 88.5. The Kier molecular flexibility index (Phi) is 7.26. The number of carbonyl (C=O) groups is 2. The minimum atomic E-state index is -4.78. The van der Waals surface area contributed by atoms with E-state index in [1.54, 1.807) is 0 Å². The van der Waals surface area contributed by atoms with E-state index in [0.717, 1.165) is 28.6 Å². The summed E-state index contributed by atoms with van der Waals surface area (Å²) in [5.74, 6) is -2.36. The largest absolute Gasteiger partial charge is 0.484 e. The van der Waals surface area contributed by atoms with Crippen molar-refractivity contribution in [2.75, 3.05) is 17.4 Å². The van der Waals surface area contributed by atoms with Gasteiger partial charge in [-0.15, -0.1) is 0 Å². The SMILES string of the molecule is O=C(NCC1CN(S(=O)(=O)c2cccc(C(F)(F)F)c2)c2cc(-c3cccc(F)c3Cl)ccc2O1)C(=O)C1CC1. The molecule has 1 N–H and O–H groups in total. The third-order valence-electron chi connectivity index (χ3n) is 6.56. The number of alkyl halides is 3. The quantitative estimate of drug-likeness (QED) is 0.298. The molecule has 1 amide bonds. The summed E-state index contributed by atoms with van der Waals surface area (Å²) in [6.07, 6.45) is -4.51. The second-order valence-corrected chi connectivity index (χ2v) is 11.7. The number of ether oxygens (including phenoxy) is 1. The Labute approximate surface area is 231 Å². The molecule has 3 aromatic carbocycles. The number of benzene rings is 3. The number of carbonyl (C=O) groups excluding carboxylic acids is 2. The maximum atomic E-state index is 14.1. The maximum absolute atomic E-state index is 14.1. The fourth-order valence-electron chi connectivity index (χ4n) is 4.32. The predicted octanol–water partition coefficient (Wildman–Crippen LogP) is 5.22. The molecule has 1 fully saturated rings. The van der Waals surface area contributed by atoms with Gasteiger partial charge < -0.3 is 10.1 Å². The van der Waals surface area contributed by atoms with Crippen LogP contribution in [0, 0.1) is 11.7 Å². The van der Waals surface area contributed by atoms with Gasteiger partial charge in [-0.25, -0.2) is 12.8 Å². The highest BCUT2D eigenvalue weighted by Gasteiger charge is 2.38. The Bertz CT molecular complexity index is 1610. The molecule has 0 radical (unpaired) electrons. The zero-order valence-electron chi connectivity index (χ0n) is 20.5. The van der Waals surface area contributed by atoms with Crippen molar-refractivity contribution in [3.63, 3.8) is 0 Å². The van der Waals surface area contributed by atoms with Crippen molar-refractivity contribution < 1.29 is 40.3 Å². The number of hydrogen-bond acceptors (Lipinski definition) is 5. The minimum absolute atomic E-state index is 0.0214. The van der Waals surface area contributed by atoms with Gasteiger partial charge in [-0.3, -0.25) is 13.9 Å². The van der Waals surface area contributed by atoms with Gasteiger partial charge in [-0.05, 0) is 54.8 Å². The van der Waals surface area contributed by atoms with E-state index in [1.807, 2.05) is 0 Å². The molecule has 0 saturated heterocycles. The molecule has 2 aliphatic rings. The van der Waals surface area contributed by atoms with Gasteiger partial charge >= 0.3 is 6.18 Å². The molecular weight excluding hydrogens is 576 g/mol. The van der Waals surface area contributed by atoms with E-state index in [4.69, 9.17) is 16.3 Å². The fourth-order valence-corrected chi connectivity index (χ4v) is 6.11. The minimum Gasteiger partial charge on any atom is -0.484 e. The molecule has 1 atom stereocenters. The first-order chi connectivity index (χ1) is 18.9. The summed E-state index contributed by atoms with van der Waals surface area (Å²) in [6, 6.07) is 11.7. The monoisotopic (exact) mass is 596 g/mol. The van der Waals surface area contributed by atoms with E-state index in [1.165, 1.54) is 30.3 Å². The van der Waals surface area contributed by atoms with Gasteiger partial charge in [0, 0.05) is 11.5 Å². The Hall–Kier alpha value is -3.64. The van der Waals surface area contributed by atoms with Crippen molar-refractivity contribution in [3.8, 4) is 16.9 Å². The van der Waals surface area contributed by atoms with Crippen LogP contribution in [0.15, 0.2) is 65.6 Å². The van der Waals surface area contributed by atoms with Crippen LogP contribution in [-0.4, -0.2) is 39.3 Å². The number of fused-ring (bicyclic) bond motifs is 1. The lowest BCUT2D eigenvalue weighted by molar-refractivity contribution is -0.138. The average Bonchev–Trinajstić information content (AvgIpc) is 3.77. The van der Waals surface area contributed by atoms with Crippen molar-refractivity contribution in [2.45, 2.75) is 30.0 Å². The first-order valence-corrected chi connectivity index (χ1v) is 13.9. The summed E-state index contributed by atoms with van der Waals surface area (Å²) in [6.45, 7) is -0.632. The number of Topliss-reactive ketones (excluding diaryl/α,β-unsaturated/α-hetero) is 1. The highest BCUT2D eigenvalue weighted by atomic mass is 35.5. The molecule has 1 unspecified atom stereocenters. The number of anilines is 1. The van der Waals surface area contributed by atoms with E-state index in [9.17, 15) is 35.6 Å². The first-order valence-electron chi connectivity index (χ1n) is 12.1. The highest BCUT2D eigenvalue weighted by molar-refractivity contribution is 7.92. The van der Waals surface area contributed by atoms with E-state index >= 15 is 0 Å². The van der Waals surface area contributed by atoms with Crippen molar-refractivity contribution in [2.24, 2.45) is 5.92 Å². The van der Waals surface area contributed by atoms with Crippen molar-refractivity contribution >= 4 is 39.0 Å². The van der Waals surface area contributed by atoms with Crippen molar-refractivity contribution in [1.29, 1.82) is 0 Å². The number of halogens is 5. The van der Waals surface area contributed by atoms with Crippen LogP contribution in [0.25, 0.3) is 11.1 Å². The van der Waals surface area contributed by atoms with Crippen LogP contribution in [0.5, 0.6) is 5.75 Å². The number of nitrogens with zero attached hydrogens (tertiary/aromatic N) is 1. The lowest BCUT2D eigenvalue weighted by Crippen LogP contribution is -2.49. The highest BCUT2D eigenvalue weighted by Crippen LogP contribution is 2.42. The number of sulfonamides is 1. The number of amides is 1. The normalized spacial score (nSPS) is 17.1. The fraction of sp³-hybridized carbons (Fsp3) is 0.259. The molecule has 1 saturated carbocycles. The van der Waals surface area contributed by atoms with Gasteiger partial charge in [-0.2, -0.15) is 13.2 Å². The molecular formula is C27H21ClF4N2O5S. The van der Waals surface area contributed by atoms with Crippen LogP contribution >= 0.6 is 11.6 Å². The third kappa shape index (κ3) is 5.50. The molecule has 0 aromatic heterocycles. The molecule has 3 aromatic rings. The van der Waals surface area contributed by atoms with Crippen LogP contribution in [0.2, 0.25) is 5.02 Å². The predicted molar refractivity (Wildman–Crippen MR) is 138 cm³/mol. The average molecular weight is 597 g/mol. The molecule has 1 heterocycles. The summed E-state index contributed by atoms with van der Waals surface area (Å²) in [4.78, 5) is 23.6. The molecule has 210 valence electrons. The first kappa shape index (κ1) is 27.9. The van der Waals surface area contributed by atoms with Gasteiger partial charge in [0.1, 0.15) is 17.7 Å². The zero-order chi connectivity index (χ0) is 28.8. The number of ketones is 1. The summed E-state index contributed by atoms with van der Waals surface area (Å²) in [5, 5.41) is 2.25. The van der Waals surface area contributed by atoms with E-state index in [-0.39, 0.29) is 34.5 Å². The van der Waals surface area contributed by atoms with Crippen molar-refractivity contribution in [3.05, 3.63) is 77.1 Å². The Morgan fingerprint density at radius 1 is 1.05 bits per heavy atom. The summed E-state index contributed by atoms with van der Waals surface area (Å²) in [7, 11) is -4.60. The second kappa shape index (κ2) is 10.4. The topological polar surface area (TPSA) is 92.8 Å². The Morgan fingerprint density at radius 2 is 1.77 bits per heavy atom. The second-order valence-electron chi connectivity index (χ2n) is 9.43. The molecule has 7 nitrogen and oxygen atoms in total. The zero-order valence-corrected chi connectivity index (χ0v) is 22.1. The van der Waals surface area contributed by atoms with E-state index in [0.29, 0.717) is 24.5 Å². The third-order valence-corrected chi connectivity index (χ3v) is 8.72. The number of nitrogens with one attached hydrogen (secondary N) is 1. The van der Waals surface area contributed by atoms with Gasteiger partial charge in [0.2, 0.25) is 5.78 Å². The van der Waals surface area contributed by atoms with Crippen LogP contribution < -0.4 is 14.4 Å². The summed E-state index contributed by atoms with van der Waals surface area (Å²) in [5.41, 5.74) is -0.580. The van der Waals surface area contributed by atoms with Crippen LogP contribution in [0.3, 0.4) is 0 Å². The Morgan fingerprint density at radius 3 is 2.48 bits per heavy atom. The molecule has 1 aliphatic heterocycles. The molecule has 5 rings (SSSR count). The van der Waals surface area contributed by atoms with Crippen molar-refractivity contribution in [1.82, 2.24) is 5.32 Å². The number of hydrogen-bond donors (Lipinski definition) is 1. The van der Waals surface area contributed by atoms with E-state index < -0.39 is 56.8 Å². The summed E-state index contributed by atoms with van der Waals surface area (Å²) >= 11 is 6.13. The standard InChI is InChI=1S/C27H21ClF4N2O5S/c28-24-20(5-2-6-21(24)29)16-9-10-23-22(11-16)34(14-18(39-23)13-33-26(36)25(35)15-7-8-15)40(37,38)19-4-1-3-17(12-19)27(30,31)32/h1-6,9-12,15,18H,7-8,13-14H2,(H,33,36). The van der Waals surface area contributed by atoms with Crippen LogP contribution in [0.4, 0.5) is 23.2 Å². The van der Waals surface area contributed by atoms with Gasteiger partial charge in [0.05, 0.1) is 34.3 Å². The van der Waals surface area contributed by atoms with Crippen LogP contribution in [-0.2, 0) is 25.8 Å². The maximum Gasteiger partial charge on any atom is 0.416 e. The van der Waals surface area contributed by atoms with Gasteiger partial charge in [0.15, 0.2) is 0 Å². The molecule has 40 heavy (non-hydrogen) atoms. The molecule has 1 aliphatic carbocycles. The Balaban J connectivity index is 1.54. The lowest BCUT2D eigenvalue weighted by Gasteiger charge is -2.36. The molecule has 0 spiro atoms. The number of rotatable bonds is 7. The molecule has 13 heteroatoms. The smallest absolute Gasteiger partial charge is 0.416 e. The van der Waals surface area contributed by atoms with E-state index in [2.05, 4.69) is 5.32 Å². The van der Waals surface area contributed by atoms with Gasteiger partial charge in [0.25, 0.3) is 15.9 Å². The lowest BCUT2D eigenvalue weighted by atomic mass is 10.0. The molecule has 0 bridgehead atoms.